The number of benzene rings is 5. The number of nitrogens with two attached hydrogens (primary N) is 2. The molecular formula is C37H29Cl3F3N7O4. The van der Waals surface area contributed by atoms with Gasteiger partial charge in [0.25, 0.3) is 5.91 Å². The van der Waals surface area contributed by atoms with Crippen LogP contribution in [0.1, 0.15) is 43.5 Å². The first-order chi connectivity index (χ1) is 25.7. The molecule has 7 aromatic rings. The first kappa shape index (κ1) is 39.4. The van der Waals surface area contributed by atoms with Crippen molar-refractivity contribution < 1.29 is 32.7 Å². The number of fused-ring (bicyclic) bond motifs is 2. The lowest BCUT2D eigenvalue weighted by Crippen LogP contribution is -2.18. The molecule has 54 heavy (non-hydrogen) atoms. The fourth-order valence-electron chi connectivity index (χ4n) is 5.06. The molecule has 2 heterocycles. The van der Waals surface area contributed by atoms with Gasteiger partial charge in [-0.1, -0.05) is 59.1 Å². The normalized spacial score (nSPS) is 10.7. The van der Waals surface area contributed by atoms with Crippen LogP contribution in [0.3, 0.4) is 0 Å². The number of nitrogen functional groups attached to an aromatic ring is 2. The largest absolute Gasteiger partial charge is 0.465 e. The standard InChI is InChI=1S/C16H12ClFN2O2.C15H11ClFN3O2.C6H6ClFN2/c1-22-16(21)10-4-2-3-9(5-10)6-15-19-13-7-11(17)12(18)8-14(13)20-15;16-10-6-12-13(7-11(10)17)19-14(18-12)5-8-2-1-3-9(4-8)15(21)20-22;7-3-1-5(9)6(10)2-4(3)8/h2-5,7-8H,6H2,1H3,(H,19,20);1-4,6-7,22H,5H2,(H,18,19)(H,20,21);1-2H,9-10H2. The van der Waals surface area contributed by atoms with Gasteiger partial charge in [-0.3, -0.25) is 10.0 Å². The van der Waals surface area contributed by atoms with Crippen molar-refractivity contribution in [3.63, 3.8) is 0 Å². The molecule has 0 unspecified atom stereocenters. The molecule has 278 valence electrons. The Labute approximate surface area is 320 Å². The summed E-state index contributed by atoms with van der Waals surface area (Å²) in [4.78, 5) is 37.7. The number of carbonyl (C=O) groups is 2. The number of imidazole rings is 2. The molecule has 0 atom stereocenters. The third kappa shape index (κ3) is 9.79. The van der Waals surface area contributed by atoms with Gasteiger partial charge in [0, 0.05) is 36.6 Å². The van der Waals surface area contributed by atoms with Gasteiger partial charge in [0.1, 0.15) is 29.1 Å². The Balaban J connectivity index is 0.000000167. The van der Waals surface area contributed by atoms with E-state index >= 15 is 0 Å². The first-order valence-electron chi connectivity index (χ1n) is 15.6. The fraction of sp³-hybridized carbons (Fsp3) is 0.0811. The lowest BCUT2D eigenvalue weighted by molar-refractivity contribution is 0.0600. The van der Waals surface area contributed by atoms with Crippen LogP contribution in [-0.4, -0.2) is 44.1 Å². The van der Waals surface area contributed by atoms with Crippen LogP contribution in [-0.2, 0) is 17.6 Å². The highest BCUT2D eigenvalue weighted by Crippen LogP contribution is 2.25. The summed E-state index contributed by atoms with van der Waals surface area (Å²) in [5.74, 6) is -1.23. The average Bonchev–Trinajstić information content (AvgIpc) is 3.72. The number of rotatable bonds is 6. The van der Waals surface area contributed by atoms with Gasteiger partial charge in [0.2, 0.25) is 0 Å². The highest BCUT2D eigenvalue weighted by Gasteiger charge is 2.12. The lowest BCUT2D eigenvalue weighted by atomic mass is 10.1. The van der Waals surface area contributed by atoms with Crippen LogP contribution >= 0.6 is 34.8 Å². The van der Waals surface area contributed by atoms with E-state index in [-0.39, 0.29) is 26.7 Å². The number of nitrogens with one attached hydrogen (secondary N) is 3. The topological polar surface area (TPSA) is 185 Å². The number of aromatic nitrogens is 4. The van der Waals surface area contributed by atoms with Gasteiger partial charge in [0.15, 0.2) is 0 Å². The van der Waals surface area contributed by atoms with Crippen LogP contribution in [0.15, 0.2) is 84.9 Å². The van der Waals surface area contributed by atoms with E-state index in [9.17, 15) is 22.8 Å². The van der Waals surface area contributed by atoms with Gasteiger partial charge >= 0.3 is 5.97 Å². The molecule has 0 aliphatic heterocycles. The van der Waals surface area contributed by atoms with E-state index in [2.05, 4.69) is 19.9 Å². The van der Waals surface area contributed by atoms with E-state index in [1.807, 2.05) is 12.1 Å². The quantitative estimate of drug-likeness (QED) is 0.0419. The molecule has 2 aromatic heterocycles. The minimum atomic E-state index is -0.583. The van der Waals surface area contributed by atoms with E-state index in [4.69, 9.17) is 56.2 Å². The molecule has 7 rings (SSSR count). The SMILES string of the molecule is COC(=O)c1cccc(Cc2nc3cc(Cl)c(F)cc3[nH]2)c1.Nc1cc(F)c(Cl)cc1N.O=C(NO)c1cccc(Cc2nc3cc(Cl)c(F)cc3[nH]2)c1. The fourth-order valence-corrected chi connectivity index (χ4v) is 5.55. The maximum atomic E-state index is 13.4. The molecule has 17 heteroatoms. The molecule has 1 amide bonds. The summed E-state index contributed by atoms with van der Waals surface area (Å²) in [5.41, 5.74) is 17.5. The van der Waals surface area contributed by atoms with Crippen LogP contribution in [0.5, 0.6) is 0 Å². The molecule has 11 nitrogen and oxygen atoms in total. The first-order valence-corrected chi connectivity index (χ1v) is 16.8. The number of H-pyrrole nitrogens is 2. The van der Waals surface area contributed by atoms with Crippen LogP contribution in [0.2, 0.25) is 15.1 Å². The summed E-state index contributed by atoms with van der Waals surface area (Å²) in [6.45, 7) is 0. The summed E-state index contributed by atoms with van der Waals surface area (Å²) in [7, 11) is 1.34. The zero-order chi connectivity index (χ0) is 39.1. The Morgan fingerprint density at radius 1 is 0.704 bits per heavy atom. The molecule has 8 N–H and O–H groups in total. The maximum Gasteiger partial charge on any atom is 0.337 e. The van der Waals surface area contributed by atoms with Crippen molar-refractivity contribution in [2.75, 3.05) is 18.6 Å². The molecule has 0 aliphatic rings. The van der Waals surface area contributed by atoms with Gasteiger partial charge in [-0.05, 0) is 53.6 Å². The van der Waals surface area contributed by atoms with Crippen molar-refractivity contribution >= 4 is 80.1 Å². The highest BCUT2D eigenvalue weighted by atomic mass is 35.5. The second-order valence-corrected chi connectivity index (χ2v) is 12.7. The molecule has 0 aliphatic carbocycles. The predicted molar refractivity (Wildman–Crippen MR) is 201 cm³/mol. The number of esters is 1. The van der Waals surface area contributed by atoms with Crippen LogP contribution in [0, 0.1) is 17.5 Å². The zero-order valence-electron chi connectivity index (χ0n) is 28.0. The molecule has 0 radical (unpaired) electrons. The number of aromatic amines is 2. The number of methoxy groups -OCH3 is 1. The Kier molecular flexibility index (Phi) is 12.7. The Hall–Kier alpha value is -5.80. The third-order valence-electron chi connectivity index (χ3n) is 7.65. The second kappa shape index (κ2) is 17.4. The predicted octanol–water partition coefficient (Wildman–Crippen LogP) is 8.44. The molecule has 0 bridgehead atoms. The van der Waals surface area contributed by atoms with Crippen molar-refractivity contribution in [2.24, 2.45) is 0 Å². The zero-order valence-corrected chi connectivity index (χ0v) is 30.3. The third-order valence-corrected chi connectivity index (χ3v) is 8.52. The minimum Gasteiger partial charge on any atom is -0.465 e. The number of carbonyl (C=O) groups excluding carboxylic acids is 2. The van der Waals surface area contributed by atoms with Crippen LogP contribution in [0.4, 0.5) is 24.5 Å². The van der Waals surface area contributed by atoms with Gasteiger partial charge in [-0.25, -0.2) is 33.4 Å². The van der Waals surface area contributed by atoms with Gasteiger partial charge in [-0.15, -0.1) is 0 Å². The summed E-state index contributed by atoms with van der Waals surface area (Å²) >= 11 is 16.9. The van der Waals surface area contributed by atoms with E-state index in [1.165, 1.54) is 37.4 Å². The maximum absolute atomic E-state index is 13.4. The molecular weight excluding hydrogens is 770 g/mol. The van der Waals surface area contributed by atoms with Crippen molar-refractivity contribution in [2.45, 2.75) is 12.8 Å². The molecule has 0 spiro atoms. The molecule has 0 saturated heterocycles. The number of ether oxygens (including phenoxy) is 1. The van der Waals surface area contributed by atoms with Gasteiger partial charge in [0.05, 0.1) is 61.2 Å². The minimum absolute atomic E-state index is 0.00769. The Morgan fingerprint density at radius 3 is 1.63 bits per heavy atom. The Morgan fingerprint density at radius 2 is 1.15 bits per heavy atom. The summed E-state index contributed by atoms with van der Waals surface area (Å²) in [5, 5.41) is 8.70. The second-order valence-electron chi connectivity index (χ2n) is 11.5. The van der Waals surface area contributed by atoms with Crippen molar-refractivity contribution in [3.8, 4) is 0 Å². The van der Waals surface area contributed by atoms with Gasteiger partial charge in [-0.2, -0.15) is 0 Å². The average molecular weight is 799 g/mol. The number of hydrogen-bond donors (Lipinski definition) is 6. The number of amides is 1. The van der Waals surface area contributed by atoms with E-state index in [0.717, 1.165) is 17.2 Å². The van der Waals surface area contributed by atoms with Crippen LogP contribution < -0.4 is 16.9 Å². The number of hydroxylamine groups is 1. The van der Waals surface area contributed by atoms with E-state index < -0.39 is 23.4 Å². The molecule has 0 saturated carbocycles. The van der Waals surface area contributed by atoms with Crippen LogP contribution in [0.25, 0.3) is 22.1 Å². The summed E-state index contributed by atoms with van der Waals surface area (Å²) in [6, 6.07) is 21.8. The highest BCUT2D eigenvalue weighted by molar-refractivity contribution is 6.32. The van der Waals surface area contributed by atoms with E-state index in [0.29, 0.717) is 63.4 Å². The number of anilines is 2. The molecule has 0 fully saturated rings. The smallest absolute Gasteiger partial charge is 0.337 e. The van der Waals surface area contributed by atoms with Crippen molar-refractivity contribution in [3.05, 3.63) is 151 Å². The Bertz CT molecular complexity index is 2220. The van der Waals surface area contributed by atoms with Crippen molar-refractivity contribution in [1.82, 2.24) is 25.4 Å². The van der Waals surface area contributed by atoms with Gasteiger partial charge < -0.3 is 26.2 Å². The lowest BCUT2D eigenvalue weighted by Gasteiger charge is -2.02. The summed E-state index contributed by atoms with van der Waals surface area (Å²) in [6.07, 6.45) is 0.916. The number of nitrogens with zero attached hydrogens (tertiary/aromatic N) is 2. The monoisotopic (exact) mass is 797 g/mol. The number of hydrogen-bond acceptors (Lipinski definition) is 8. The summed E-state index contributed by atoms with van der Waals surface area (Å²) < 4.78 is 44.0. The van der Waals surface area contributed by atoms with Crippen molar-refractivity contribution in [1.29, 1.82) is 0 Å². The van der Waals surface area contributed by atoms with E-state index in [1.54, 1.807) is 41.9 Å². The molecule has 5 aromatic carbocycles. The number of halogens is 6.